The number of rotatable bonds is 2. The van der Waals surface area contributed by atoms with Crippen molar-refractivity contribution in [2.45, 2.75) is 39.5 Å². The molecule has 0 saturated heterocycles. The van der Waals surface area contributed by atoms with Gasteiger partial charge in [-0.3, -0.25) is 4.98 Å². The second-order valence-corrected chi connectivity index (χ2v) is 5.77. The number of aromatic carboxylic acids is 1. The Morgan fingerprint density at radius 2 is 2.25 bits per heavy atom. The number of fused-ring (bicyclic) bond motifs is 2. The molecule has 2 aromatic rings. The van der Waals surface area contributed by atoms with Gasteiger partial charge in [0.05, 0.1) is 11.1 Å². The van der Waals surface area contributed by atoms with Gasteiger partial charge in [-0.1, -0.05) is 19.9 Å². The van der Waals surface area contributed by atoms with E-state index in [1.54, 1.807) is 0 Å². The Morgan fingerprint density at radius 3 is 2.95 bits per heavy atom. The summed E-state index contributed by atoms with van der Waals surface area (Å²) >= 11 is 0. The molecule has 0 fully saturated rings. The Labute approximate surface area is 118 Å². The van der Waals surface area contributed by atoms with Gasteiger partial charge in [0.25, 0.3) is 0 Å². The van der Waals surface area contributed by atoms with Gasteiger partial charge >= 0.3 is 5.97 Å². The summed E-state index contributed by atoms with van der Waals surface area (Å²) in [6.45, 7) is 4.26. The van der Waals surface area contributed by atoms with Crippen LogP contribution in [-0.2, 0) is 19.3 Å². The monoisotopic (exact) mass is 269 g/mol. The van der Waals surface area contributed by atoms with Crippen molar-refractivity contribution < 1.29 is 9.90 Å². The number of benzene rings is 1. The van der Waals surface area contributed by atoms with Crippen LogP contribution in [0.15, 0.2) is 18.2 Å². The predicted octanol–water partition coefficient (Wildman–Crippen LogP) is 3.62. The highest BCUT2D eigenvalue weighted by Crippen LogP contribution is 2.32. The molecule has 1 unspecified atom stereocenters. The fourth-order valence-electron chi connectivity index (χ4n) is 3.13. The SMILES string of the molecule is CCc1ccc2nc3c(c(C(=O)O)c2c1)CC(C)CC3. The molecular weight excluding hydrogens is 250 g/mol. The Hall–Kier alpha value is -1.90. The third kappa shape index (κ3) is 2.07. The van der Waals surface area contributed by atoms with Gasteiger partial charge in [-0.05, 0) is 54.9 Å². The van der Waals surface area contributed by atoms with Crippen LogP contribution in [0.2, 0.25) is 0 Å². The van der Waals surface area contributed by atoms with E-state index in [9.17, 15) is 9.90 Å². The first-order valence-corrected chi connectivity index (χ1v) is 7.27. The van der Waals surface area contributed by atoms with E-state index in [2.05, 4.69) is 13.8 Å². The first kappa shape index (κ1) is 13.1. The molecule has 1 aliphatic rings. The molecule has 0 radical (unpaired) electrons. The molecular formula is C17H19NO2. The van der Waals surface area contributed by atoms with E-state index in [0.717, 1.165) is 53.4 Å². The molecule has 0 amide bonds. The largest absolute Gasteiger partial charge is 0.478 e. The van der Waals surface area contributed by atoms with Gasteiger partial charge in [0, 0.05) is 11.1 Å². The van der Waals surface area contributed by atoms with E-state index in [4.69, 9.17) is 4.98 Å². The summed E-state index contributed by atoms with van der Waals surface area (Å²) in [5, 5.41) is 10.5. The number of hydrogen-bond acceptors (Lipinski definition) is 2. The van der Waals surface area contributed by atoms with E-state index < -0.39 is 5.97 Å². The van der Waals surface area contributed by atoms with E-state index >= 15 is 0 Å². The normalized spacial score (nSPS) is 18.0. The third-order valence-electron chi connectivity index (χ3n) is 4.28. The van der Waals surface area contributed by atoms with Crippen molar-refractivity contribution in [1.29, 1.82) is 0 Å². The maximum Gasteiger partial charge on any atom is 0.336 e. The summed E-state index contributed by atoms with van der Waals surface area (Å²) in [4.78, 5) is 16.5. The summed E-state index contributed by atoms with van der Waals surface area (Å²) < 4.78 is 0. The standard InChI is InChI=1S/C17H19NO2/c1-3-11-5-7-15-13(9-11)16(17(19)20)12-8-10(2)4-6-14(12)18-15/h5,7,9-10H,3-4,6,8H2,1-2H3,(H,19,20). The minimum Gasteiger partial charge on any atom is -0.478 e. The molecule has 1 heterocycles. The maximum atomic E-state index is 11.8. The van der Waals surface area contributed by atoms with Crippen molar-refractivity contribution in [3.63, 3.8) is 0 Å². The Morgan fingerprint density at radius 1 is 1.45 bits per heavy atom. The molecule has 3 rings (SSSR count). The highest BCUT2D eigenvalue weighted by molar-refractivity contribution is 6.04. The lowest BCUT2D eigenvalue weighted by atomic mass is 9.84. The Bertz CT molecular complexity index is 691. The molecule has 0 spiro atoms. The molecule has 1 aromatic heterocycles. The second kappa shape index (κ2) is 4.89. The summed E-state index contributed by atoms with van der Waals surface area (Å²) in [6.07, 6.45) is 3.72. The molecule has 0 bridgehead atoms. The van der Waals surface area contributed by atoms with Crippen LogP contribution >= 0.6 is 0 Å². The van der Waals surface area contributed by atoms with Crippen LogP contribution in [0.25, 0.3) is 10.9 Å². The predicted molar refractivity (Wildman–Crippen MR) is 79.3 cm³/mol. The van der Waals surface area contributed by atoms with Crippen molar-refractivity contribution in [2.75, 3.05) is 0 Å². The molecule has 104 valence electrons. The van der Waals surface area contributed by atoms with Crippen LogP contribution in [0, 0.1) is 5.92 Å². The fraction of sp³-hybridized carbons (Fsp3) is 0.412. The Balaban J connectivity index is 2.34. The summed E-state index contributed by atoms with van der Waals surface area (Å²) in [7, 11) is 0. The first-order chi connectivity index (χ1) is 9.60. The molecule has 1 aliphatic carbocycles. The molecule has 0 saturated carbocycles. The number of aromatic nitrogens is 1. The van der Waals surface area contributed by atoms with Crippen molar-refractivity contribution in [3.8, 4) is 0 Å². The molecule has 1 N–H and O–H groups in total. The number of aryl methyl sites for hydroxylation is 2. The zero-order valence-corrected chi connectivity index (χ0v) is 11.9. The lowest BCUT2D eigenvalue weighted by Gasteiger charge is -2.23. The summed E-state index contributed by atoms with van der Waals surface area (Å²) in [6, 6.07) is 5.99. The van der Waals surface area contributed by atoms with Crippen LogP contribution < -0.4 is 0 Å². The molecule has 20 heavy (non-hydrogen) atoms. The lowest BCUT2D eigenvalue weighted by Crippen LogP contribution is -2.18. The second-order valence-electron chi connectivity index (χ2n) is 5.77. The zero-order chi connectivity index (χ0) is 14.3. The first-order valence-electron chi connectivity index (χ1n) is 7.27. The lowest BCUT2D eigenvalue weighted by molar-refractivity contribution is 0.0697. The number of carbonyl (C=O) groups is 1. The van der Waals surface area contributed by atoms with Gasteiger partial charge in [-0.15, -0.1) is 0 Å². The molecule has 1 aromatic carbocycles. The van der Waals surface area contributed by atoms with E-state index in [1.165, 1.54) is 0 Å². The van der Waals surface area contributed by atoms with Crippen LogP contribution in [0.1, 0.15) is 47.4 Å². The minimum absolute atomic E-state index is 0.479. The van der Waals surface area contributed by atoms with Gasteiger partial charge in [-0.2, -0.15) is 0 Å². The van der Waals surface area contributed by atoms with Crippen molar-refractivity contribution in [3.05, 3.63) is 40.6 Å². The van der Waals surface area contributed by atoms with Gasteiger partial charge < -0.3 is 5.11 Å². The number of nitrogens with zero attached hydrogens (tertiary/aromatic N) is 1. The van der Waals surface area contributed by atoms with Crippen LogP contribution in [0.5, 0.6) is 0 Å². The Kier molecular flexibility index (Phi) is 3.20. The van der Waals surface area contributed by atoms with Crippen LogP contribution in [0.4, 0.5) is 0 Å². The van der Waals surface area contributed by atoms with Crippen molar-refractivity contribution >= 4 is 16.9 Å². The zero-order valence-electron chi connectivity index (χ0n) is 11.9. The molecule has 1 atom stereocenters. The van der Waals surface area contributed by atoms with Gasteiger partial charge in [-0.25, -0.2) is 4.79 Å². The van der Waals surface area contributed by atoms with E-state index in [1.807, 2.05) is 18.2 Å². The third-order valence-corrected chi connectivity index (χ3v) is 4.28. The molecule has 0 aliphatic heterocycles. The number of carboxylic acid groups (broad SMARTS) is 1. The number of pyridine rings is 1. The van der Waals surface area contributed by atoms with Crippen LogP contribution in [0.3, 0.4) is 0 Å². The van der Waals surface area contributed by atoms with Crippen molar-refractivity contribution in [2.24, 2.45) is 5.92 Å². The fourth-order valence-corrected chi connectivity index (χ4v) is 3.13. The number of hydrogen-bond donors (Lipinski definition) is 1. The topological polar surface area (TPSA) is 50.2 Å². The highest BCUT2D eigenvalue weighted by Gasteiger charge is 2.25. The van der Waals surface area contributed by atoms with Crippen molar-refractivity contribution in [1.82, 2.24) is 4.98 Å². The average molecular weight is 269 g/mol. The van der Waals surface area contributed by atoms with Gasteiger partial charge in [0.15, 0.2) is 0 Å². The maximum absolute atomic E-state index is 11.8. The van der Waals surface area contributed by atoms with Gasteiger partial charge in [0.1, 0.15) is 0 Å². The minimum atomic E-state index is -0.823. The summed E-state index contributed by atoms with van der Waals surface area (Å²) in [5.74, 6) is -0.287. The van der Waals surface area contributed by atoms with E-state index in [0.29, 0.717) is 11.5 Å². The molecule has 3 heteroatoms. The van der Waals surface area contributed by atoms with Crippen LogP contribution in [-0.4, -0.2) is 16.1 Å². The summed E-state index contributed by atoms with van der Waals surface area (Å²) in [5.41, 5.74) is 4.39. The van der Waals surface area contributed by atoms with E-state index in [-0.39, 0.29) is 0 Å². The van der Waals surface area contributed by atoms with Gasteiger partial charge in [0.2, 0.25) is 0 Å². The quantitative estimate of drug-likeness (QED) is 0.905. The number of carboxylic acids is 1. The average Bonchev–Trinajstić information content (AvgIpc) is 2.43. The highest BCUT2D eigenvalue weighted by atomic mass is 16.4. The smallest absolute Gasteiger partial charge is 0.336 e. The molecule has 3 nitrogen and oxygen atoms in total.